The monoisotopic (exact) mass is 304 g/mol. The zero-order valence-electron chi connectivity index (χ0n) is 10.0. The van der Waals surface area contributed by atoms with E-state index in [2.05, 4.69) is 22.9 Å². The molecule has 0 fully saturated rings. The van der Waals surface area contributed by atoms with Crippen molar-refractivity contribution >= 4 is 22.2 Å². The normalized spacial score (nSPS) is 10.1. The van der Waals surface area contributed by atoms with Crippen LogP contribution in [-0.4, -0.2) is 6.29 Å². The number of halogens is 1. The van der Waals surface area contributed by atoms with Gasteiger partial charge in [0.2, 0.25) is 0 Å². The molecule has 92 valence electrons. The zero-order valence-corrected chi connectivity index (χ0v) is 11.6. The van der Waals surface area contributed by atoms with E-state index in [1.165, 1.54) is 0 Å². The van der Waals surface area contributed by atoms with Crippen molar-refractivity contribution in [2.45, 2.75) is 13.3 Å². The molecule has 0 aromatic heterocycles. The first-order valence-electron chi connectivity index (χ1n) is 5.75. The topological polar surface area (TPSA) is 26.3 Å². The van der Waals surface area contributed by atoms with Crippen LogP contribution in [0.5, 0.6) is 11.5 Å². The minimum atomic E-state index is 0.617. The quantitative estimate of drug-likeness (QED) is 0.771. The Morgan fingerprint density at radius 3 is 2.67 bits per heavy atom. The van der Waals surface area contributed by atoms with Crippen molar-refractivity contribution in [3.05, 3.63) is 58.1 Å². The van der Waals surface area contributed by atoms with E-state index in [0.29, 0.717) is 11.3 Å². The highest BCUT2D eigenvalue weighted by Gasteiger charge is 2.05. The third kappa shape index (κ3) is 2.79. The number of rotatable bonds is 4. The molecule has 0 heterocycles. The van der Waals surface area contributed by atoms with E-state index in [-0.39, 0.29) is 0 Å². The van der Waals surface area contributed by atoms with Gasteiger partial charge in [-0.05, 0) is 52.2 Å². The van der Waals surface area contributed by atoms with Gasteiger partial charge in [-0.3, -0.25) is 4.79 Å². The third-order valence-corrected chi connectivity index (χ3v) is 3.37. The first-order valence-corrected chi connectivity index (χ1v) is 6.54. The fourth-order valence-corrected chi connectivity index (χ4v) is 2.14. The van der Waals surface area contributed by atoms with Gasteiger partial charge < -0.3 is 4.74 Å². The van der Waals surface area contributed by atoms with Crippen LogP contribution in [0.1, 0.15) is 22.8 Å². The minimum absolute atomic E-state index is 0.617. The van der Waals surface area contributed by atoms with Gasteiger partial charge in [0.05, 0.1) is 0 Å². The van der Waals surface area contributed by atoms with Crippen molar-refractivity contribution in [2.75, 3.05) is 0 Å². The summed E-state index contributed by atoms with van der Waals surface area (Å²) in [6.07, 6.45) is 1.73. The Kier molecular flexibility index (Phi) is 4.15. The zero-order chi connectivity index (χ0) is 13.0. The summed E-state index contributed by atoms with van der Waals surface area (Å²) in [5, 5.41) is 0. The summed E-state index contributed by atoms with van der Waals surface area (Å²) in [6, 6.07) is 13.3. The van der Waals surface area contributed by atoms with E-state index in [9.17, 15) is 4.79 Å². The molecule has 2 rings (SSSR count). The smallest absolute Gasteiger partial charge is 0.151 e. The molecule has 0 radical (unpaired) electrons. The number of carbonyl (C=O) groups excluding carboxylic acids is 1. The lowest BCUT2D eigenvalue weighted by Gasteiger charge is -2.10. The molecule has 2 aromatic carbocycles. The molecular formula is C15H13BrO2. The van der Waals surface area contributed by atoms with E-state index in [1.54, 1.807) is 18.2 Å². The lowest BCUT2D eigenvalue weighted by molar-refractivity contribution is 0.112. The second kappa shape index (κ2) is 5.83. The van der Waals surface area contributed by atoms with Crippen LogP contribution in [0.3, 0.4) is 0 Å². The Labute approximate surface area is 115 Å². The molecule has 2 aromatic rings. The third-order valence-electron chi connectivity index (χ3n) is 2.68. The van der Waals surface area contributed by atoms with Gasteiger partial charge in [-0.25, -0.2) is 0 Å². The first-order chi connectivity index (χ1) is 8.74. The number of aldehydes is 1. The van der Waals surface area contributed by atoms with Crippen molar-refractivity contribution in [3.63, 3.8) is 0 Å². The Hall–Kier alpha value is -1.61. The molecule has 0 aliphatic rings. The van der Waals surface area contributed by atoms with Crippen LogP contribution >= 0.6 is 15.9 Å². The number of carbonyl (C=O) groups is 1. The van der Waals surface area contributed by atoms with Crippen LogP contribution in [0.4, 0.5) is 0 Å². The average molecular weight is 305 g/mol. The lowest BCUT2D eigenvalue weighted by Crippen LogP contribution is -1.91. The highest BCUT2D eigenvalue weighted by atomic mass is 79.9. The first kappa shape index (κ1) is 12.8. The van der Waals surface area contributed by atoms with Crippen LogP contribution in [0, 0.1) is 0 Å². The highest BCUT2D eigenvalue weighted by Crippen LogP contribution is 2.28. The molecule has 0 amide bonds. The van der Waals surface area contributed by atoms with Crippen molar-refractivity contribution < 1.29 is 9.53 Å². The van der Waals surface area contributed by atoms with Crippen molar-refractivity contribution in [3.8, 4) is 11.5 Å². The summed E-state index contributed by atoms with van der Waals surface area (Å²) >= 11 is 3.34. The molecule has 0 aliphatic heterocycles. The number of hydrogen-bond acceptors (Lipinski definition) is 2. The predicted molar refractivity (Wildman–Crippen MR) is 75.4 cm³/mol. The van der Waals surface area contributed by atoms with E-state index in [4.69, 9.17) is 4.74 Å². The van der Waals surface area contributed by atoms with Crippen LogP contribution in [0.2, 0.25) is 0 Å². The largest absolute Gasteiger partial charge is 0.457 e. The minimum Gasteiger partial charge on any atom is -0.457 e. The van der Waals surface area contributed by atoms with Crippen molar-refractivity contribution in [1.29, 1.82) is 0 Å². The molecule has 0 N–H and O–H groups in total. The number of hydrogen-bond donors (Lipinski definition) is 0. The maximum atomic E-state index is 10.7. The van der Waals surface area contributed by atoms with Gasteiger partial charge in [-0.1, -0.05) is 25.1 Å². The molecule has 0 spiro atoms. The second-order valence-corrected chi connectivity index (χ2v) is 4.72. The SMILES string of the molecule is CCc1ccccc1Oc1ccc(C=O)c(Br)c1. The van der Waals surface area contributed by atoms with E-state index in [0.717, 1.165) is 28.5 Å². The van der Waals surface area contributed by atoms with Gasteiger partial charge in [0.25, 0.3) is 0 Å². The lowest BCUT2D eigenvalue weighted by atomic mass is 10.1. The van der Waals surface area contributed by atoms with Crippen LogP contribution in [0.25, 0.3) is 0 Å². The Bertz CT molecular complexity index is 564. The highest BCUT2D eigenvalue weighted by molar-refractivity contribution is 9.10. The van der Waals surface area contributed by atoms with E-state index < -0.39 is 0 Å². The Morgan fingerprint density at radius 1 is 1.22 bits per heavy atom. The maximum Gasteiger partial charge on any atom is 0.151 e. The molecule has 2 nitrogen and oxygen atoms in total. The summed E-state index contributed by atoms with van der Waals surface area (Å²) in [7, 11) is 0. The predicted octanol–water partition coefficient (Wildman–Crippen LogP) is 4.62. The average Bonchev–Trinajstić information content (AvgIpc) is 2.39. The Morgan fingerprint density at radius 2 is 2.00 bits per heavy atom. The van der Waals surface area contributed by atoms with Gasteiger partial charge in [0.15, 0.2) is 6.29 Å². The van der Waals surface area contributed by atoms with Crippen LogP contribution in [-0.2, 0) is 6.42 Å². The summed E-state index contributed by atoms with van der Waals surface area (Å²) in [6.45, 7) is 2.09. The Balaban J connectivity index is 2.28. The summed E-state index contributed by atoms with van der Waals surface area (Å²) in [5.74, 6) is 1.57. The van der Waals surface area contributed by atoms with E-state index in [1.807, 2.05) is 24.3 Å². The molecule has 0 unspecified atom stereocenters. The molecular weight excluding hydrogens is 292 g/mol. The number of benzene rings is 2. The van der Waals surface area contributed by atoms with Crippen molar-refractivity contribution in [1.82, 2.24) is 0 Å². The van der Waals surface area contributed by atoms with Gasteiger partial charge >= 0.3 is 0 Å². The van der Waals surface area contributed by atoms with Gasteiger partial charge in [-0.15, -0.1) is 0 Å². The molecule has 0 bridgehead atoms. The molecule has 0 saturated carbocycles. The van der Waals surface area contributed by atoms with Gasteiger partial charge in [0.1, 0.15) is 11.5 Å². The molecule has 0 atom stereocenters. The summed E-state index contributed by atoms with van der Waals surface area (Å²) < 4.78 is 6.57. The fourth-order valence-electron chi connectivity index (χ4n) is 1.69. The summed E-state index contributed by atoms with van der Waals surface area (Å²) in [4.78, 5) is 10.7. The number of para-hydroxylation sites is 1. The van der Waals surface area contributed by atoms with Crippen LogP contribution in [0.15, 0.2) is 46.9 Å². The second-order valence-electron chi connectivity index (χ2n) is 3.86. The van der Waals surface area contributed by atoms with Crippen LogP contribution < -0.4 is 4.74 Å². The van der Waals surface area contributed by atoms with Gasteiger partial charge in [-0.2, -0.15) is 0 Å². The fraction of sp³-hybridized carbons (Fsp3) is 0.133. The molecule has 3 heteroatoms. The standard InChI is InChI=1S/C15H13BrO2/c1-2-11-5-3-4-6-15(11)18-13-8-7-12(10-17)14(16)9-13/h3-10H,2H2,1H3. The van der Waals surface area contributed by atoms with Gasteiger partial charge in [0, 0.05) is 10.0 Å². The number of aryl methyl sites for hydroxylation is 1. The van der Waals surface area contributed by atoms with E-state index >= 15 is 0 Å². The van der Waals surface area contributed by atoms with Crippen molar-refractivity contribution in [2.24, 2.45) is 0 Å². The summed E-state index contributed by atoms with van der Waals surface area (Å²) in [5.41, 5.74) is 1.78. The maximum absolute atomic E-state index is 10.7. The molecule has 0 saturated heterocycles. The molecule has 0 aliphatic carbocycles. The number of ether oxygens (including phenoxy) is 1. The molecule has 18 heavy (non-hydrogen) atoms.